The van der Waals surface area contributed by atoms with Gasteiger partial charge in [0.15, 0.2) is 0 Å². The van der Waals surface area contributed by atoms with Gasteiger partial charge in [-0.1, -0.05) is 60.7 Å². The summed E-state index contributed by atoms with van der Waals surface area (Å²) in [7, 11) is 0. The van der Waals surface area contributed by atoms with Gasteiger partial charge in [0, 0.05) is 58.4 Å². The molecule has 0 unspecified atom stereocenters. The number of β-amino-alcohol motifs (C(OH)–C–C–N with tert-alkyl or cyclic N) is 1. The molecular weight excluding hydrogens is 322 g/mol. The van der Waals surface area contributed by atoms with Gasteiger partial charge in [0.2, 0.25) is 0 Å². The molecule has 2 saturated heterocycles. The number of nitrogens with zero attached hydrogens (tertiary/aromatic N) is 3. The van der Waals surface area contributed by atoms with Crippen LogP contribution in [-0.2, 0) is 13.1 Å². The molecule has 2 aromatic rings. The molecule has 0 radical (unpaired) electrons. The van der Waals surface area contributed by atoms with Gasteiger partial charge in [0.25, 0.3) is 0 Å². The van der Waals surface area contributed by atoms with Crippen LogP contribution in [0.4, 0.5) is 0 Å². The zero-order valence-corrected chi connectivity index (χ0v) is 15.4. The zero-order chi connectivity index (χ0) is 17.8. The summed E-state index contributed by atoms with van der Waals surface area (Å²) in [5.74, 6) is 0. The summed E-state index contributed by atoms with van der Waals surface area (Å²) in [6.45, 7) is 7.97. The predicted octanol–water partition coefficient (Wildman–Crippen LogP) is 2.05. The molecule has 0 spiro atoms. The SMILES string of the molecule is O[C@@H]1CN(Cc2ccccc2)C[C@H]1N1CCN(Cc2ccccc2)CC1. The molecule has 0 aromatic heterocycles. The lowest BCUT2D eigenvalue weighted by molar-refractivity contribution is 0.0423. The molecule has 2 aliphatic rings. The highest BCUT2D eigenvalue weighted by Gasteiger charge is 2.36. The average Bonchev–Trinajstić information content (AvgIpc) is 3.04. The number of aliphatic hydroxyl groups excluding tert-OH is 1. The molecule has 2 heterocycles. The highest BCUT2D eigenvalue weighted by molar-refractivity contribution is 5.15. The van der Waals surface area contributed by atoms with Crippen molar-refractivity contribution >= 4 is 0 Å². The van der Waals surface area contributed by atoms with Crippen LogP contribution in [0.1, 0.15) is 11.1 Å². The van der Waals surface area contributed by atoms with Gasteiger partial charge in [0.05, 0.1) is 6.10 Å². The fraction of sp³-hybridized carbons (Fsp3) is 0.455. The van der Waals surface area contributed by atoms with Crippen LogP contribution < -0.4 is 0 Å². The van der Waals surface area contributed by atoms with Crippen molar-refractivity contribution in [1.29, 1.82) is 0 Å². The Balaban J connectivity index is 1.27. The van der Waals surface area contributed by atoms with Crippen molar-refractivity contribution in [2.45, 2.75) is 25.2 Å². The van der Waals surface area contributed by atoms with Gasteiger partial charge in [-0.2, -0.15) is 0 Å². The summed E-state index contributed by atoms with van der Waals surface area (Å²) in [5, 5.41) is 10.6. The average molecular weight is 351 g/mol. The second-order valence-corrected chi connectivity index (χ2v) is 7.61. The Morgan fingerprint density at radius 3 is 1.81 bits per heavy atom. The molecule has 0 saturated carbocycles. The van der Waals surface area contributed by atoms with E-state index in [0.29, 0.717) is 0 Å². The summed E-state index contributed by atoms with van der Waals surface area (Å²) in [6.07, 6.45) is -0.237. The van der Waals surface area contributed by atoms with Crippen molar-refractivity contribution in [3.63, 3.8) is 0 Å². The number of hydrogen-bond donors (Lipinski definition) is 1. The van der Waals surface area contributed by atoms with Gasteiger partial charge in [-0.3, -0.25) is 14.7 Å². The third-order valence-electron chi connectivity index (χ3n) is 5.71. The number of piperazine rings is 1. The van der Waals surface area contributed by atoms with E-state index in [2.05, 4.69) is 75.4 Å². The first-order valence-corrected chi connectivity index (χ1v) is 9.72. The standard InChI is InChI=1S/C22H29N3O/c26-22-18-24(16-20-9-5-2-6-10-20)17-21(22)25-13-11-23(12-14-25)15-19-7-3-1-4-8-19/h1-10,21-22,26H,11-18H2/t21-,22-/m1/s1. The molecule has 0 amide bonds. The third kappa shape index (κ3) is 4.33. The summed E-state index contributed by atoms with van der Waals surface area (Å²) >= 11 is 0. The van der Waals surface area contributed by atoms with Crippen molar-refractivity contribution in [3.8, 4) is 0 Å². The molecule has 0 bridgehead atoms. The molecule has 1 N–H and O–H groups in total. The second kappa shape index (κ2) is 8.31. The first-order valence-electron chi connectivity index (χ1n) is 9.72. The summed E-state index contributed by atoms with van der Waals surface area (Å²) in [4.78, 5) is 7.41. The van der Waals surface area contributed by atoms with Crippen molar-refractivity contribution in [1.82, 2.24) is 14.7 Å². The number of hydrogen-bond acceptors (Lipinski definition) is 4. The maximum absolute atomic E-state index is 10.6. The van der Waals surface area contributed by atoms with Crippen molar-refractivity contribution in [2.24, 2.45) is 0 Å². The van der Waals surface area contributed by atoms with E-state index in [0.717, 1.165) is 52.4 Å². The molecule has 4 nitrogen and oxygen atoms in total. The fourth-order valence-electron chi connectivity index (χ4n) is 4.27. The van der Waals surface area contributed by atoms with Crippen LogP contribution in [0.25, 0.3) is 0 Å². The van der Waals surface area contributed by atoms with Gasteiger partial charge < -0.3 is 5.11 Å². The lowest BCUT2D eigenvalue weighted by Gasteiger charge is -2.39. The van der Waals surface area contributed by atoms with Gasteiger partial charge in [-0.05, 0) is 11.1 Å². The second-order valence-electron chi connectivity index (χ2n) is 7.61. The molecule has 2 fully saturated rings. The van der Waals surface area contributed by atoms with E-state index in [1.165, 1.54) is 11.1 Å². The Labute approximate surface area is 156 Å². The number of aliphatic hydroxyl groups is 1. The lowest BCUT2D eigenvalue weighted by atomic mass is 10.1. The highest BCUT2D eigenvalue weighted by Crippen LogP contribution is 2.20. The highest BCUT2D eigenvalue weighted by atomic mass is 16.3. The smallest absolute Gasteiger partial charge is 0.0834 e. The minimum absolute atomic E-state index is 0.237. The van der Waals surface area contributed by atoms with E-state index in [1.54, 1.807) is 0 Å². The minimum Gasteiger partial charge on any atom is -0.390 e. The summed E-state index contributed by atoms with van der Waals surface area (Å²) in [6, 6.07) is 21.6. The first-order chi connectivity index (χ1) is 12.8. The van der Waals surface area contributed by atoms with Crippen LogP contribution in [-0.4, -0.2) is 71.2 Å². The van der Waals surface area contributed by atoms with E-state index >= 15 is 0 Å². The first kappa shape index (κ1) is 17.7. The zero-order valence-electron chi connectivity index (χ0n) is 15.4. The quantitative estimate of drug-likeness (QED) is 0.893. The monoisotopic (exact) mass is 351 g/mol. The van der Waals surface area contributed by atoms with Crippen LogP contribution in [0.5, 0.6) is 0 Å². The van der Waals surface area contributed by atoms with Crippen LogP contribution >= 0.6 is 0 Å². The summed E-state index contributed by atoms with van der Waals surface area (Å²) in [5.41, 5.74) is 2.71. The molecule has 26 heavy (non-hydrogen) atoms. The molecule has 4 heteroatoms. The number of likely N-dealkylation sites (tertiary alicyclic amines) is 1. The molecule has 138 valence electrons. The topological polar surface area (TPSA) is 30.0 Å². The number of benzene rings is 2. The minimum atomic E-state index is -0.237. The van der Waals surface area contributed by atoms with Gasteiger partial charge in [-0.25, -0.2) is 0 Å². The van der Waals surface area contributed by atoms with Crippen molar-refractivity contribution in [3.05, 3.63) is 71.8 Å². The normalized spacial score (nSPS) is 25.6. The van der Waals surface area contributed by atoms with Crippen LogP contribution in [0.2, 0.25) is 0 Å². The Kier molecular flexibility index (Phi) is 5.65. The Bertz CT molecular complexity index is 670. The molecule has 2 atom stereocenters. The molecule has 2 aliphatic heterocycles. The Morgan fingerprint density at radius 1 is 0.692 bits per heavy atom. The van der Waals surface area contributed by atoms with Gasteiger partial charge in [0.1, 0.15) is 0 Å². The van der Waals surface area contributed by atoms with E-state index in [1.807, 2.05) is 0 Å². The lowest BCUT2D eigenvalue weighted by Crippen LogP contribution is -2.53. The molecular formula is C22H29N3O. The van der Waals surface area contributed by atoms with E-state index in [4.69, 9.17) is 0 Å². The van der Waals surface area contributed by atoms with Crippen LogP contribution in [0.3, 0.4) is 0 Å². The Morgan fingerprint density at radius 2 is 1.23 bits per heavy atom. The molecule has 4 rings (SSSR count). The van der Waals surface area contributed by atoms with Crippen molar-refractivity contribution in [2.75, 3.05) is 39.3 Å². The van der Waals surface area contributed by atoms with E-state index in [-0.39, 0.29) is 12.1 Å². The van der Waals surface area contributed by atoms with Crippen LogP contribution in [0, 0.1) is 0 Å². The van der Waals surface area contributed by atoms with E-state index < -0.39 is 0 Å². The van der Waals surface area contributed by atoms with Gasteiger partial charge in [-0.15, -0.1) is 0 Å². The van der Waals surface area contributed by atoms with E-state index in [9.17, 15) is 5.11 Å². The van der Waals surface area contributed by atoms with Crippen LogP contribution in [0.15, 0.2) is 60.7 Å². The maximum atomic E-state index is 10.6. The molecule has 2 aromatic carbocycles. The van der Waals surface area contributed by atoms with Crippen molar-refractivity contribution < 1.29 is 5.11 Å². The fourth-order valence-corrected chi connectivity index (χ4v) is 4.27. The largest absolute Gasteiger partial charge is 0.390 e. The molecule has 0 aliphatic carbocycles. The predicted molar refractivity (Wildman–Crippen MR) is 105 cm³/mol. The van der Waals surface area contributed by atoms with Gasteiger partial charge >= 0.3 is 0 Å². The summed E-state index contributed by atoms with van der Waals surface area (Å²) < 4.78 is 0. The Hall–Kier alpha value is -1.72. The third-order valence-corrected chi connectivity index (χ3v) is 5.71. The number of rotatable bonds is 5. The maximum Gasteiger partial charge on any atom is 0.0834 e.